The molecule has 0 aromatic heterocycles. The molecular weight excluding hydrogens is 380 g/mol. The van der Waals surface area contributed by atoms with E-state index in [1.807, 2.05) is 38.1 Å². The van der Waals surface area contributed by atoms with Gasteiger partial charge in [-0.3, -0.25) is 9.59 Å². The molecule has 3 rings (SSSR count). The van der Waals surface area contributed by atoms with E-state index in [2.05, 4.69) is 12.2 Å². The summed E-state index contributed by atoms with van der Waals surface area (Å²) in [5, 5.41) is 2.84. The van der Waals surface area contributed by atoms with E-state index in [4.69, 9.17) is 4.74 Å². The second-order valence-electron chi connectivity index (χ2n) is 7.98. The zero-order valence-corrected chi connectivity index (χ0v) is 17.7. The van der Waals surface area contributed by atoms with Crippen molar-refractivity contribution >= 4 is 29.2 Å². The minimum absolute atomic E-state index is 0.0531. The standard InChI is InChI=1S/C24H28N2O4/c1-4-17-5-11-21(12-6-17)26-14-19(13-22(26)27)23(28)25-20-9-7-18(8-10-20)24(29)30-15-16(2)3/h5-12,16,19H,4,13-15H2,1-3H3,(H,25,28)/t19-/m1/s1. The summed E-state index contributed by atoms with van der Waals surface area (Å²) in [4.78, 5) is 38.7. The number of rotatable bonds is 7. The molecule has 2 aromatic rings. The molecule has 6 heteroatoms. The van der Waals surface area contributed by atoms with Crippen LogP contribution in [-0.2, 0) is 20.7 Å². The van der Waals surface area contributed by atoms with Crippen LogP contribution in [0, 0.1) is 11.8 Å². The van der Waals surface area contributed by atoms with Gasteiger partial charge in [-0.05, 0) is 54.3 Å². The summed E-state index contributed by atoms with van der Waals surface area (Å²) in [7, 11) is 0. The number of carbonyl (C=O) groups is 3. The maximum atomic E-state index is 12.7. The molecule has 1 aliphatic rings. The highest BCUT2D eigenvalue weighted by Gasteiger charge is 2.35. The van der Waals surface area contributed by atoms with Crippen LogP contribution in [0.4, 0.5) is 11.4 Å². The predicted molar refractivity (Wildman–Crippen MR) is 116 cm³/mol. The van der Waals surface area contributed by atoms with Gasteiger partial charge in [0.05, 0.1) is 18.1 Å². The number of carbonyl (C=O) groups excluding carboxylic acids is 3. The lowest BCUT2D eigenvalue weighted by Crippen LogP contribution is -2.28. The third kappa shape index (κ3) is 5.26. The first-order valence-corrected chi connectivity index (χ1v) is 10.3. The van der Waals surface area contributed by atoms with Gasteiger partial charge in [0.1, 0.15) is 0 Å². The second-order valence-corrected chi connectivity index (χ2v) is 7.98. The minimum Gasteiger partial charge on any atom is -0.462 e. The van der Waals surface area contributed by atoms with E-state index in [-0.39, 0.29) is 30.1 Å². The molecule has 1 aliphatic heterocycles. The van der Waals surface area contributed by atoms with Gasteiger partial charge in [-0.1, -0.05) is 32.9 Å². The largest absolute Gasteiger partial charge is 0.462 e. The number of benzene rings is 2. The fourth-order valence-electron chi connectivity index (χ4n) is 3.30. The van der Waals surface area contributed by atoms with E-state index in [0.29, 0.717) is 24.4 Å². The zero-order chi connectivity index (χ0) is 21.7. The maximum Gasteiger partial charge on any atom is 0.338 e. The molecule has 0 unspecified atom stereocenters. The van der Waals surface area contributed by atoms with E-state index >= 15 is 0 Å². The summed E-state index contributed by atoms with van der Waals surface area (Å²) in [5.74, 6) is -0.786. The molecule has 1 heterocycles. The van der Waals surface area contributed by atoms with Crippen LogP contribution in [-0.4, -0.2) is 30.9 Å². The van der Waals surface area contributed by atoms with Crippen molar-refractivity contribution in [2.24, 2.45) is 11.8 Å². The molecule has 0 aliphatic carbocycles. The van der Waals surface area contributed by atoms with Crippen molar-refractivity contribution < 1.29 is 19.1 Å². The molecule has 6 nitrogen and oxygen atoms in total. The molecule has 1 saturated heterocycles. The average molecular weight is 408 g/mol. The van der Waals surface area contributed by atoms with Crippen molar-refractivity contribution in [3.05, 3.63) is 59.7 Å². The molecule has 30 heavy (non-hydrogen) atoms. The Kier molecular flexibility index (Phi) is 6.87. The van der Waals surface area contributed by atoms with Crippen molar-refractivity contribution in [1.82, 2.24) is 0 Å². The Hall–Kier alpha value is -3.15. The van der Waals surface area contributed by atoms with Gasteiger partial charge in [-0.15, -0.1) is 0 Å². The monoisotopic (exact) mass is 408 g/mol. The van der Waals surface area contributed by atoms with E-state index in [1.165, 1.54) is 5.56 Å². The highest BCUT2D eigenvalue weighted by atomic mass is 16.5. The summed E-state index contributed by atoms with van der Waals surface area (Å²) in [6.07, 6.45) is 1.12. The average Bonchev–Trinajstić information content (AvgIpc) is 3.14. The van der Waals surface area contributed by atoms with Crippen LogP contribution in [0.2, 0.25) is 0 Å². The SMILES string of the molecule is CCc1ccc(N2C[C@H](C(=O)Nc3ccc(C(=O)OCC(C)C)cc3)CC2=O)cc1. The molecule has 1 fully saturated rings. The van der Waals surface area contributed by atoms with Gasteiger partial charge in [0.2, 0.25) is 11.8 Å². The summed E-state index contributed by atoms with van der Waals surface area (Å²) >= 11 is 0. The molecule has 0 saturated carbocycles. The Bertz CT molecular complexity index is 904. The molecule has 0 bridgehead atoms. The lowest BCUT2D eigenvalue weighted by molar-refractivity contribution is -0.122. The minimum atomic E-state index is -0.418. The Morgan fingerprint density at radius 1 is 1.10 bits per heavy atom. The van der Waals surface area contributed by atoms with Crippen LogP contribution in [0.1, 0.15) is 43.1 Å². The Morgan fingerprint density at radius 2 is 1.77 bits per heavy atom. The molecule has 1 atom stereocenters. The number of amides is 2. The third-order valence-electron chi connectivity index (χ3n) is 5.09. The van der Waals surface area contributed by atoms with E-state index in [9.17, 15) is 14.4 Å². The van der Waals surface area contributed by atoms with Gasteiger partial charge < -0.3 is 15.0 Å². The van der Waals surface area contributed by atoms with E-state index < -0.39 is 5.92 Å². The molecule has 0 spiro atoms. The number of hydrogen-bond acceptors (Lipinski definition) is 4. The zero-order valence-electron chi connectivity index (χ0n) is 17.7. The van der Waals surface area contributed by atoms with Gasteiger partial charge in [0.15, 0.2) is 0 Å². The van der Waals surface area contributed by atoms with Crippen molar-refractivity contribution in [1.29, 1.82) is 0 Å². The van der Waals surface area contributed by atoms with Crippen LogP contribution < -0.4 is 10.2 Å². The van der Waals surface area contributed by atoms with Crippen molar-refractivity contribution in [2.45, 2.75) is 33.6 Å². The van der Waals surface area contributed by atoms with Crippen molar-refractivity contribution in [2.75, 3.05) is 23.4 Å². The summed E-state index contributed by atoms with van der Waals surface area (Å²) in [6, 6.07) is 14.4. The third-order valence-corrected chi connectivity index (χ3v) is 5.09. The molecule has 1 N–H and O–H groups in total. The van der Waals surface area contributed by atoms with Crippen molar-refractivity contribution in [3.8, 4) is 0 Å². The summed E-state index contributed by atoms with van der Waals surface area (Å²) in [5.41, 5.74) is 3.04. The normalized spacial score (nSPS) is 16.1. The molecular formula is C24H28N2O4. The first kappa shape index (κ1) is 21.6. The first-order chi connectivity index (χ1) is 14.4. The van der Waals surface area contributed by atoms with Crippen LogP contribution in [0.3, 0.4) is 0 Å². The number of nitrogens with zero attached hydrogens (tertiary/aromatic N) is 1. The number of anilines is 2. The van der Waals surface area contributed by atoms with Gasteiger partial charge in [-0.25, -0.2) is 4.79 Å². The van der Waals surface area contributed by atoms with Crippen LogP contribution >= 0.6 is 0 Å². The number of nitrogens with one attached hydrogen (secondary N) is 1. The molecule has 158 valence electrons. The number of esters is 1. The smallest absolute Gasteiger partial charge is 0.338 e. The number of ether oxygens (including phenoxy) is 1. The van der Waals surface area contributed by atoms with Crippen molar-refractivity contribution in [3.63, 3.8) is 0 Å². The fraction of sp³-hybridized carbons (Fsp3) is 0.375. The van der Waals surface area contributed by atoms with Gasteiger partial charge in [0, 0.05) is 24.3 Å². The van der Waals surface area contributed by atoms with E-state index in [1.54, 1.807) is 29.2 Å². The van der Waals surface area contributed by atoms with Crippen LogP contribution in [0.15, 0.2) is 48.5 Å². The molecule has 2 aromatic carbocycles. The van der Waals surface area contributed by atoms with Gasteiger partial charge in [-0.2, -0.15) is 0 Å². The second kappa shape index (κ2) is 9.57. The van der Waals surface area contributed by atoms with Gasteiger partial charge >= 0.3 is 5.97 Å². The summed E-state index contributed by atoms with van der Waals surface area (Å²) in [6.45, 7) is 6.75. The Balaban J connectivity index is 1.58. The number of aryl methyl sites for hydroxylation is 1. The Morgan fingerprint density at radius 3 is 2.37 bits per heavy atom. The topological polar surface area (TPSA) is 75.7 Å². The van der Waals surface area contributed by atoms with E-state index in [0.717, 1.165) is 12.1 Å². The molecule has 2 amide bonds. The lowest BCUT2D eigenvalue weighted by atomic mass is 10.1. The Labute approximate surface area is 177 Å². The highest BCUT2D eigenvalue weighted by molar-refractivity contribution is 6.03. The molecule has 0 radical (unpaired) electrons. The van der Waals surface area contributed by atoms with Crippen LogP contribution in [0.5, 0.6) is 0 Å². The highest BCUT2D eigenvalue weighted by Crippen LogP contribution is 2.26. The van der Waals surface area contributed by atoms with Gasteiger partial charge in [0.25, 0.3) is 0 Å². The summed E-state index contributed by atoms with van der Waals surface area (Å²) < 4.78 is 5.20. The maximum absolute atomic E-state index is 12.7. The first-order valence-electron chi connectivity index (χ1n) is 10.3. The van der Waals surface area contributed by atoms with Crippen LogP contribution in [0.25, 0.3) is 0 Å². The number of hydrogen-bond donors (Lipinski definition) is 1. The predicted octanol–water partition coefficient (Wildman–Crippen LogP) is 4.05. The fourth-order valence-corrected chi connectivity index (χ4v) is 3.30. The lowest BCUT2D eigenvalue weighted by Gasteiger charge is -2.17. The quantitative estimate of drug-likeness (QED) is 0.701.